The maximum atomic E-state index is 12.5. The monoisotopic (exact) mass is 391 g/mol. The largest absolute Gasteiger partial charge is 0.479 e. The number of nitrogens with one attached hydrogen (secondary N) is 2. The molecule has 2 amide bonds. The van der Waals surface area contributed by atoms with Crippen molar-refractivity contribution in [2.24, 2.45) is 16.5 Å². The van der Waals surface area contributed by atoms with Crippen LogP contribution in [0.25, 0.3) is 0 Å². The number of benzene rings is 1. The topological polar surface area (TPSA) is 172 Å². The van der Waals surface area contributed by atoms with Gasteiger partial charge >= 0.3 is 5.97 Å². The molecule has 0 saturated carbocycles. The minimum atomic E-state index is -1.20. The highest BCUT2D eigenvalue weighted by Crippen LogP contribution is 2.22. The number of unbranched alkanes of at least 4 members (excludes halogenated alkanes) is 1. The van der Waals surface area contributed by atoms with Gasteiger partial charge < -0.3 is 31.9 Å². The van der Waals surface area contributed by atoms with Crippen molar-refractivity contribution in [3.8, 4) is 0 Å². The van der Waals surface area contributed by atoms with Gasteiger partial charge in [0.25, 0.3) is 5.91 Å². The maximum Gasteiger partial charge on any atom is 0.336 e. The fourth-order valence-electron chi connectivity index (χ4n) is 2.59. The van der Waals surface area contributed by atoms with E-state index in [1.807, 2.05) is 30.3 Å². The molecule has 2 rings (SSSR count). The first-order chi connectivity index (χ1) is 13.4. The number of carbonyl (C=O) groups is 3. The molecule has 0 spiro atoms. The lowest BCUT2D eigenvalue weighted by Crippen LogP contribution is -2.49. The van der Waals surface area contributed by atoms with E-state index >= 15 is 0 Å². The van der Waals surface area contributed by atoms with E-state index in [9.17, 15) is 14.4 Å². The Bertz CT molecular complexity index is 720. The number of epoxide rings is 1. The molecule has 1 aliphatic rings. The molecule has 10 nitrogen and oxygen atoms in total. The van der Waals surface area contributed by atoms with Crippen molar-refractivity contribution in [3.63, 3.8) is 0 Å². The number of rotatable bonds is 11. The smallest absolute Gasteiger partial charge is 0.336 e. The van der Waals surface area contributed by atoms with Crippen LogP contribution >= 0.6 is 0 Å². The number of guanidine groups is 1. The third kappa shape index (κ3) is 6.88. The summed E-state index contributed by atoms with van der Waals surface area (Å²) in [7, 11) is 0. The number of carboxylic acids is 1. The Hall–Kier alpha value is -3.14. The maximum absolute atomic E-state index is 12.5. The molecule has 1 aromatic carbocycles. The van der Waals surface area contributed by atoms with Gasteiger partial charge in [0, 0.05) is 19.5 Å². The molecule has 152 valence electrons. The first kappa shape index (κ1) is 21.2. The third-order valence-corrected chi connectivity index (χ3v) is 4.09. The average molecular weight is 391 g/mol. The van der Waals surface area contributed by atoms with Gasteiger partial charge in [-0.1, -0.05) is 30.3 Å². The number of nitrogens with zero attached hydrogens (tertiary/aromatic N) is 1. The number of aliphatic imine (C=N–C) groups is 1. The van der Waals surface area contributed by atoms with Crippen molar-refractivity contribution in [2.75, 3.05) is 13.1 Å². The zero-order valence-electron chi connectivity index (χ0n) is 15.3. The van der Waals surface area contributed by atoms with Gasteiger partial charge in [-0.25, -0.2) is 4.79 Å². The molecular weight excluding hydrogens is 366 g/mol. The molecule has 0 aliphatic carbocycles. The number of amides is 2. The summed E-state index contributed by atoms with van der Waals surface area (Å²) in [6, 6.07) is 8.36. The molecule has 1 fully saturated rings. The molecule has 1 aromatic rings. The Morgan fingerprint density at radius 3 is 2.46 bits per heavy atom. The predicted octanol–water partition coefficient (Wildman–Crippen LogP) is -1.26. The summed E-state index contributed by atoms with van der Waals surface area (Å²) in [5.74, 6) is -2.15. The first-order valence-electron chi connectivity index (χ1n) is 8.94. The Morgan fingerprint density at radius 1 is 1.14 bits per heavy atom. The fourth-order valence-corrected chi connectivity index (χ4v) is 2.59. The van der Waals surface area contributed by atoms with E-state index in [-0.39, 0.29) is 18.3 Å². The van der Waals surface area contributed by atoms with Crippen LogP contribution in [0.5, 0.6) is 0 Å². The Kier molecular flexibility index (Phi) is 7.76. The second kappa shape index (κ2) is 10.3. The Morgan fingerprint density at radius 2 is 1.86 bits per heavy atom. The molecule has 7 N–H and O–H groups in total. The quantitative estimate of drug-likeness (QED) is 0.135. The second-order valence-electron chi connectivity index (χ2n) is 6.37. The van der Waals surface area contributed by atoms with Gasteiger partial charge in [0.2, 0.25) is 5.91 Å². The molecule has 10 heteroatoms. The lowest BCUT2D eigenvalue weighted by molar-refractivity contribution is -0.138. The van der Waals surface area contributed by atoms with Gasteiger partial charge in [-0.3, -0.25) is 14.6 Å². The summed E-state index contributed by atoms with van der Waals surface area (Å²) < 4.78 is 4.84. The summed E-state index contributed by atoms with van der Waals surface area (Å²) in [6.07, 6.45) is -0.582. The SMILES string of the molecule is NC(N)=NCCCCNC(=O)[C@H](Cc1ccccc1)NC(=O)C1OC1C(=O)O. The van der Waals surface area contributed by atoms with Crippen LogP contribution in [-0.4, -0.2) is 60.2 Å². The number of hydrogen-bond acceptors (Lipinski definition) is 5. The van der Waals surface area contributed by atoms with Gasteiger partial charge in [0.05, 0.1) is 0 Å². The van der Waals surface area contributed by atoms with E-state index in [0.29, 0.717) is 25.9 Å². The van der Waals surface area contributed by atoms with Crippen LogP contribution in [0.1, 0.15) is 18.4 Å². The highest BCUT2D eigenvalue weighted by molar-refractivity contribution is 5.95. The Labute approximate surface area is 162 Å². The summed E-state index contributed by atoms with van der Waals surface area (Å²) in [4.78, 5) is 39.4. The summed E-state index contributed by atoms with van der Waals surface area (Å²) in [6.45, 7) is 0.871. The molecule has 0 bridgehead atoms. The van der Waals surface area contributed by atoms with Crippen LogP contribution in [0.4, 0.5) is 0 Å². The van der Waals surface area contributed by atoms with E-state index in [2.05, 4.69) is 15.6 Å². The summed E-state index contributed by atoms with van der Waals surface area (Å²) in [5.41, 5.74) is 11.4. The van der Waals surface area contributed by atoms with E-state index < -0.39 is 30.1 Å². The normalized spacial score (nSPS) is 18.6. The number of carboxylic acid groups (broad SMARTS) is 1. The van der Waals surface area contributed by atoms with Crippen LogP contribution in [0, 0.1) is 0 Å². The fraction of sp³-hybridized carbons (Fsp3) is 0.444. The van der Waals surface area contributed by atoms with Gasteiger partial charge in [0.15, 0.2) is 18.2 Å². The first-order valence-corrected chi connectivity index (χ1v) is 8.94. The van der Waals surface area contributed by atoms with Gasteiger partial charge in [-0.2, -0.15) is 0 Å². The molecule has 0 aromatic heterocycles. The lowest BCUT2D eigenvalue weighted by atomic mass is 10.0. The van der Waals surface area contributed by atoms with Gasteiger partial charge in [-0.05, 0) is 18.4 Å². The molecule has 1 saturated heterocycles. The minimum absolute atomic E-state index is 0.0247. The van der Waals surface area contributed by atoms with Crippen molar-refractivity contribution in [1.29, 1.82) is 0 Å². The van der Waals surface area contributed by atoms with Crippen molar-refractivity contribution in [1.82, 2.24) is 10.6 Å². The van der Waals surface area contributed by atoms with Crippen molar-refractivity contribution in [2.45, 2.75) is 37.5 Å². The average Bonchev–Trinajstić information content (AvgIpc) is 3.45. The third-order valence-electron chi connectivity index (χ3n) is 4.09. The molecule has 2 unspecified atom stereocenters. The van der Waals surface area contributed by atoms with Crippen LogP contribution in [-0.2, 0) is 25.5 Å². The van der Waals surface area contributed by atoms with Crippen LogP contribution in [0.15, 0.2) is 35.3 Å². The van der Waals surface area contributed by atoms with E-state index in [4.69, 9.17) is 21.3 Å². The number of ether oxygens (including phenoxy) is 1. The van der Waals surface area contributed by atoms with Crippen LogP contribution in [0.2, 0.25) is 0 Å². The van der Waals surface area contributed by atoms with Crippen molar-refractivity contribution in [3.05, 3.63) is 35.9 Å². The lowest BCUT2D eigenvalue weighted by Gasteiger charge is -2.18. The summed E-state index contributed by atoms with van der Waals surface area (Å²) >= 11 is 0. The van der Waals surface area contributed by atoms with Crippen molar-refractivity contribution >= 4 is 23.7 Å². The van der Waals surface area contributed by atoms with Crippen LogP contribution in [0.3, 0.4) is 0 Å². The van der Waals surface area contributed by atoms with E-state index in [1.54, 1.807) is 0 Å². The highest BCUT2D eigenvalue weighted by Gasteiger charge is 2.51. The minimum Gasteiger partial charge on any atom is -0.479 e. The number of hydrogen-bond donors (Lipinski definition) is 5. The molecule has 3 atom stereocenters. The Balaban J connectivity index is 1.88. The summed E-state index contributed by atoms with van der Waals surface area (Å²) in [5, 5.41) is 14.2. The molecule has 28 heavy (non-hydrogen) atoms. The standard InChI is InChI=1S/C18H25N5O5/c19-18(20)22-9-5-4-8-21-15(24)12(10-11-6-2-1-3-7-11)23-16(25)13-14(28-13)17(26)27/h1-3,6-7,12-14H,4-5,8-10H2,(H,21,24)(H,23,25)(H,26,27)(H4,19,20,22)/t12-,13?,14?/m0/s1. The number of carbonyl (C=O) groups excluding carboxylic acids is 2. The number of nitrogens with two attached hydrogens (primary N) is 2. The van der Waals surface area contributed by atoms with E-state index in [1.165, 1.54) is 0 Å². The molecule has 1 heterocycles. The van der Waals surface area contributed by atoms with Gasteiger partial charge in [0.1, 0.15) is 6.04 Å². The number of aliphatic carboxylic acids is 1. The zero-order valence-corrected chi connectivity index (χ0v) is 15.3. The van der Waals surface area contributed by atoms with E-state index in [0.717, 1.165) is 5.56 Å². The van der Waals surface area contributed by atoms with Crippen molar-refractivity contribution < 1.29 is 24.2 Å². The molecule has 1 aliphatic heterocycles. The molecular formula is C18H25N5O5. The second-order valence-corrected chi connectivity index (χ2v) is 6.37. The molecule has 0 radical (unpaired) electrons. The highest BCUT2D eigenvalue weighted by atomic mass is 16.6. The van der Waals surface area contributed by atoms with Crippen LogP contribution < -0.4 is 22.1 Å². The predicted molar refractivity (Wildman–Crippen MR) is 101 cm³/mol. The van der Waals surface area contributed by atoms with Gasteiger partial charge in [-0.15, -0.1) is 0 Å². The zero-order chi connectivity index (χ0) is 20.5.